The Morgan fingerprint density at radius 2 is 2.10 bits per heavy atom. The molecule has 21 heavy (non-hydrogen) atoms. The largest absolute Gasteiger partial charge is 0.381 e. The lowest BCUT2D eigenvalue weighted by molar-refractivity contribution is 0.0999. The zero-order valence-corrected chi connectivity index (χ0v) is 12.0. The number of nitrogens with two attached hydrogens (primary N) is 1. The second kappa shape index (κ2) is 6.21. The van der Waals surface area contributed by atoms with Crippen LogP contribution in [-0.2, 0) is 6.54 Å². The third-order valence-corrected chi connectivity index (χ3v) is 2.93. The van der Waals surface area contributed by atoms with Crippen molar-refractivity contribution in [3.63, 3.8) is 0 Å². The Balaban J connectivity index is 2.29. The van der Waals surface area contributed by atoms with Crippen LogP contribution in [0.5, 0.6) is 0 Å². The van der Waals surface area contributed by atoms with E-state index in [0.29, 0.717) is 16.8 Å². The van der Waals surface area contributed by atoms with E-state index in [-0.39, 0.29) is 18.1 Å². The average Bonchev–Trinajstić information content (AvgIpc) is 2.41. The van der Waals surface area contributed by atoms with Crippen LogP contribution in [0.3, 0.4) is 0 Å². The number of hydrogen-bond donors (Lipinski definition) is 2. The highest BCUT2D eigenvalue weighted by atomic mass is 16.1. The van der Waals surface area contributed by atoms with Crippen molar-refractivity contribution in [3.05, 3.63) is 58.0 Å². The van der Waals surface area contributed by atoms with Gasteiger partial charge in [-0.1, -0.05) is 18.2 Å². The molecule has 0 radical (unpaired) electrons. The maximum absolute atomic E-state index is 12.1. The number of benzene rings is 1. The third kappa shape index (κ3) is 3.68. The number of carbonyl (C=O) groups is 1. The Morgan fingerprint density at radius 1 is 1.38 bits per heavy atom. The second-order valence-corrected chi connectivity index (χ2v) is 5.06. The summed E-state index contributed by atoms with van der Waals surface area (Å²) in [4.78, 5) is 23.4. The number of amides is 1. The number of rotatable bonds is 5. The predicted molar refractivity (Wildman–Crippen MR) is 81.3 cm³/mol. The lowest BCUT2D eigenvalue weighted by Crippen LogP contribution is -2.25. The van der Waals surface area contributed by atoms with Gasteiger partial charge in [-0.05, 0) is 25.5 Å². The molecule has 6 heteroatoms. The summed E-state index contributed by atoms with van der Waals surface area (Å²) in [5.74, 6) is -0.517. The molecule has 6 nitrogen and oxygen atoms in total. The Bertz CT molecular complexity index is 707. The molecule has 2 aromatic rings. The number of anilines is 1. The molecule has 0 fully saturated rings. The average molecular weight is 286 g/mol. The van der Waals surface area contributed by atoms with Crippen LogP contribution in [0, 0.1) is 0 Å². The highest BCUT2D eigenvalue weighted by Gasteiger charge is 2.09. The van der Waals surface area contributed by atoms with Gasteiger partial charge in [0.1, 0.15) is 0 Å². The van der Waals surface area contributed by atoms with E-state index in [1.807, 2.05) is 13.8 Å². The molecule has 2 rings (SSSR count). The molecule has 0 aliphatic heterocycles. The molecule has 0 aliphatic carbocycles. The molecule has 110 valence electrons. The van der Waals surface area contributed by atoms with E-state index in [4.69, 9.17) is 5.73 Å². The molecule has 0 spiro atoms. The molecule has 0 atom stereocenters. The second-order valence-electron chi connectivity index (χ2n) is 5.06. The molecule has 1 aromatic carbocycles. The number of aromatic nitrogens is 2. The van der Waals surface area contributed by atoms with Crippen molar-refractivity contribution in [1.82, 2.24) is 9.78 Å². The molecule has 0 bridgehead atoms. The fourth-order valence-corrected chi connectivity index (χ4v) is 2.02. The summed E-state index contributed by atoms with van der Waals surface area (Å²) < 4.78 is 1.30. The van der Waals surface area contributed by atoms with Crippen molar-refractivity contribution < 1.29 is 4.79 Å². The van der Waals surface area contributed by atoms with Gasteiger partial charge in [0.15, 0.2) is 0 Å². The number of carbonyl (C=O) groups excluding carboxylic acids is 1. The number of nitrogens with zero attached hydrogens (tertiary/aromatic N) is 2. The van der Waals surface area contributed by atoms with Gasteiger partial charge in [-0.15, -0.1) is 0 Å². The van der Waals surface area contributed by atoms with Gasteiger partial charge in [-0.2, -0.15) is 5.10 Å². The number of hydrogen-bond acceptors (Lipinski definition) is 4. The van der Waals surface area contributed by atoms with Crippen molar-refractivity contribution in [2.24, 2.45) is 5.73 Å². The van der Waals surface area contributed by atoms with Crippen LogP contribution in [0.25, 0.3) is 0 Å². The smallest absolute Gasteiger partial charge is 0.269 e. The van der Waals surface area contributed by atoms with E-state index in [9.17, 15) is 9.59 Å². The van der Waals surface area contributed by atoms with Crippen molar-refractivity contribution in [2.75, 3.05) is 5.32 Å². The van der Waals surface area contributed by atoms with Crippen LogP contribution >= 0.6 is 0 Å². The first-order valence-electron chi connectivity index (χ1n) is 6.69. The summed E-state index contributed by atoms with van der Waals surface area (Å²) >= 11 is 0. The molecule has 0 saturated heterocycles. The normalized spacial score (nSPS) is 10.6. The first kappa shape index (κ1) is 14.8. The molecule has 1 aromatic heterocycles. The van der Waals surface area contributed by atoms with E-state index in [1.54, 1.807) is 30.5 Å². The standard InChI is InChI=1S/C15H18N4O2/c1-10(2)18-12-7-14(20)19(17-8-12)9-11-5-3-4-6-13(11)15(16)21/h3-8,10,18H,9H2,1-2H3,(H2,16,21). The summed E-state index contributed by atoms with van der Waals surface area (Å²) in [6, 6.07) is 8.63. The summed E-state index contributed by atoms with van der Waals surface area (Å²) in [7, 11) is 0. The monoisotopic (exact) mass is 286 g/mol. The summed E-state index contributed by atoms with van der Waals surface area (Å²) in [5, 5.41) is 7.23. The van der Waals surface area contributed by atoms with Crippen LogP contribution in [-0.4, -0.2) is 21.7 Å². The zero-order chi connectivity index (χ0) is 15.4. The van der Waals surface area contributed by atoms with E-state index >= 15 is 0 Å². The van der Waals surface area contributed by atoms with Gasteiger partial charge >= 0.3 is 0 Å². The fourth-order valence-electron chi connectivity index (χ4n) is 2.02. The van der Waals surface area contributed by atoms with Crippen LogP contribution in [0.2, 0.25) is 0 Å². The lowest BCUT2D eigenvalue weighted by atomic mass is 10.1. The highest BCUT2D eigenvalue weighted by molar-refractivity contribution is 5.94. The van der Waals surface area contributed by atoms with Crippen molar-refractivity contribution in [3.8, 4) is 0 Å². The summed E-state index contributed by atoms with van der Waals surface area (Å²) in [6.07, 6.45) is 1.59. The zero-order valence-electron chi connectivity index (χ0n) is 12.0. The van der Waals surface area contributed by atoms with Crippen LogP contribution < -0.4 is 16.6 Å². The van der Waals surface area contributed by atoms with E-state index in [2.05, 4.69) is 10.4 Å². The maximum Gasteiger partial charge on any atom is 0.269 e. The van der Waals surface area contributed by atoms with Crippen molar-refractivity contribution in [2.45, 2.75) is 26.4 Å². The van der Waals surface area contributed by atoms with Gasteiger partial charge in [-0.3, -0.25) is 9.59 Å². The molecular formula is C15H18N4O2. The molecule has 1 heterocycles. The molecule has 1 amide bonds. The van der Waals surface area contributed by atoms with Gasteiger partial charge in [-0.25, -0.2) is 4.68 Å². The van der Waals surface area contributed by atoms with Crippen molar-refractivity contribution >= 4 is 11.6 Å². The van der Waals surface area contributed by atoms with Gasteiger partial charge in [0.2, 0.25) is 5.91 Å². The molecular weight excluding hydrogens is 268 g/mol. The first-order chi connectivity index (χ1) is 9.97. The van der Waals surface area contributed by atoms with Gasteiger partial charge in [0, 0.05) is 17.7 Å². The minimum absolute atomic E-state index is 0.208. The first-order valence-corrected chi connectivity index (χ1v) is 6.69. The van der Waals surface area contributed by atoms with E-state index in [1.165, 1.54) is 10.7 Å². The van der Waals surface area contributed by atoms with Crippen LogP contribution in [0.4, 0.5) is 5.69 Å². The minimum atomic E-state index is -0.517. The Labute approximate surface area is 122 Å². The number of nitrogens with one attached hydrogen (secondary N) is 1. The molecule has 0 saturated carbocycles. The summed E-state index contributed by atoms with van der Waals surface area (Å²) in [6.45, 7) is 4.17. The highest BCUT2D eigenvalue weighted by Crippen LogP contribution is 2.09. The van der Waals surface area contributed by atoms with Gasteiger partial charge in [0.05, 0.1) is 18.4 Å². The minimum Gasteiger partial charge on any atom is -0.381 e. The lowest BCUT2D eigenvalue weighted by Gasteiger charge is -2.11. The van der Waals surface area contributed by atoms with Crippen molar-refractivity contribution in [1.29, 1.82) is 0 Å². The third-order valence-electron chi connectivity index (χ3n) is 2.93. The van der Waals surface area contributed by atoms with E-state index in [0.717, 1.165) is 0 Å². The van der Waals surface area contributed by atoms with Crippen LogP contribution in [0.1, 0.15) is 29.8 Å². The Hall–Kier alpha value is -2.63. The Morgan fingerprint density at radius 3 is 2.71 bits per heavy atom. The fraction of sp³-hybridized carbons (Fsp3) is 0.267. The van der Waals surface area contributed by atoms with Crippen LogP contribution in [0.15, 0.2) is 41.3 Å². The van der Waals surface area contributed by atoms with E-state index < -0.39 is 5.91 Å². The Kier molecular flexibility index (Phi) is 4.37. The summed E-state index contributed by atoms with van der Waals surface area (Å²) in [5.41, 5.74) is 6.84. The quantitative estimate of drug-likeness (QED) is 0.864. The topological polar surface area (TPSA) is 90.0 Å². The maximum atomic E-state index is 12.1. The molecule has 0 aliphatic rings. The molecule has 3 N–H and O–H groups in total. The van der Waals surface area contributed by atoms with Gasteiger partial charge < -0.3 is 11.1 Å². The number of primary amides is 1. The molecule has 0 unspecified atom stereocenters. The SMILES string of the molecule is CC(C)Nc1cnn(Cc2ccccc2C(N)=O)c(=O)c1. The predicted octanol–water partition coefficient (Wildman–Crippen LogP) is 1.21. The van der Waals surface area contributed by atoms with Gasteiger partial charge in [0.25, 0.3) is 5.56 Å².